The average molecular weight is 417 g/mol. The third-order valence-corrected chi connectivity index (χ3v) is 5.88. The Labute approximate surface area is 149 Å². The SMILES string of the molecule is O=C(CN1C(=O)S/C(=C/c2ccc(Br)s2)C1=O)N1CCOCC1. The Morgan fingerprint density at radius 2 is 2.04 bits per heavy atom. The first kappa shape index (κ1) is 16.7. The van der Waals surface area contributed by atoms with E-state index in [4.69, 9.17) is 4.74 Å². The summed E-state index contributed by atoms with van der Waals surface area (Å²) in [5, 5.41) is -0.404. The summed E-state index contributed by atoms with van der Waals surface area (Å²) < 4.78 is 6.14. The molecule has 3 rings (SSSR count). The number of ether oxygens (including phenoxy) is 1. The minimum absolute atomic E-state index is 0.212. The van der Waals surface area contributed by atoms with Crippen LogP contribution in [0, 0.1) is 0 Å². The molecule has 0 unspecified atom stereocenters. The van der Waals surface area contributed by atoms with Crippen LogP contribution in [0.2, 0.25) is 0 Å². The van der Waals surface area contributed by atoms with Gasteiger partial charge in [-0.2, -0.15) is 0 Å². The highest BCUT2D eigenvalue weighted by Gasteiger charge is 2.37. The molecule has 2 aliphatic heterocycles. The minimum Gasteiger partial charge on any atom is -0.378 e. The van der Waals surface area contributed by atoms with E-state index in [-0.39, 0.29) is 12.5 Å². The number of carbonyl (C=O) groups excluding carboxylic acids is 3. The summed E-state index contributed by atoms with van der Waals surface area (Å²) in [5.74, 6) is -0.637. The molecule has 0 N–H and O–H groups in total. The molecule has 6 nitrogen and oxygen atoms in total. The quantitative estimate of drug-likeness (QED) is 0.707. The third kappa shape index (κ3) is 3.85. The maximum absolute atomic E-state index is 12.4. The van der Waals surface area contributed by atoms with Crippen LogP contribution >= 0.6 is 39.0 Å². The van der Waals surface area contributed by atoms with E-state index in [9.17, 15) is 14.4 Å². The monoisotopic (exact) mass is 416 g/mol. The number of nitrogens with zero attached hydrogens (tertiary/aromatic N) is 2. The van der Waals surface area contributed by atoms with Crippen molar-refractivity contribution in [3.05, 3.63) is 25.7 Å². The second kappa shape index (κ2) is 7.16. The van der Waals surface area contributed by atoms with Crippen LogP contribution in [0.3, 0.4) is 0 Å². The number of thioether (sulfide) groups is 1. The molecule has 1 aromatic heterocycles. The van der Waals surface area contributed by atoms with E-state index in [1.807, 2.05) is 12.1 Å². The smallest absolute Gasteiger partial charge is 0.294 e. The van der Waals surface area contributed by atoms with Crippen molar-refractivity contribution in [2.24, 2.45) is 0 Å². The van der Waals surface area contributed by atoms with E-state index in [0.717, 1.165) is 25.3 Å². The Hall–Kier alpha value is -1.16. The Kier molecular flexibility index (Phi) is 5.20. The van der Waals surface area contributed by atoms with Crippen LogP contribution in [0.1, 0.15) is 4.88 Å². The molecule has 23 heavy (non-hydrogen) atoms. The van der Waals surface area contributed by atoms with Gasteiger partial charge in [-0.1, -0.05) is 0 Å². The van der Waals surface area contributed by atoms with Gasteiger partial charge in [-0.3, -0.25) is 19.3 Å². The number of imide groups is 1. The lowest BCUT2D eigenvalue weighted by Gasteiger charge is -2.27. The van der Waals surface area contributed by atoms with E-state index in [0.29, 0.717) is 31.2 Å². The molecule has 0 aromatic carbocycles. The fourth-order valence-electron chi connectivity index (χ4n) is 2.22. The molecule has 0 radical (unpaired) electrons. The number of rotatable bonds is 3. The van der Waals surface area contributed by atoms with Crippen molar-refractivity contribution < 1.29 is 19.1 Å². The molecule has 3 heterocycles. The van der Waals surface area contributed by atoms with E-state index >= 15 is 0 Å². The number of hydrogen-bond donors (Lipinski definition) is 0. The molecule has 2 saturated heterocycles. The van der Waals surface area contributed by atoms with E-state index in [1.54, 1.807) is 11.0 Å². The molecule has 3 amide bonds. The van der Waals surface area contributed by atoms with Gasteiger partial charge in [0.15, 0.2) is 0 Å². The number of thiophene rings is 1. The largest absolute Gasteiger partial charge is 0.378 e. The van der Waals surface area contributed by atoms with Crippen LogP contribution in [0.4, 0.5) is 4.79 Å². The first-order chi connectivity index (χ1) is 11.0. The second-order valence-electron chi connectivity index (χ2n) is 4.90. The molecular weight excluding hydrogens is 404 g/mol. The number of halogens is 1. The molecule has 2 aliphatic rings. The summed E-state index contributed by atoms with van der Waals surface area (Å²) in [4.78, 5) is 40.5. The van der Waals surface area contributed by atoms with Gasteiger partial charge in [0.2, 0.25) is 5.91 Å². The molecule has 0 spiro atoms. The summed E-state index contributed by atoms with van der Waals surface area (Å²) in [6.45, 7) is 1.75. The zero-order valence-corrected chi connectivity index (χ0v) is 15.2. The highest BCUT2D eigenvalue weighted by molar-refractivity contribution is 9.11. The van der Waals surface area contributed by atoms with Crippen molar-refractivity contribution in [2.45, 2.75) is 0 Å². The predicted octanol–water partition coefficient (Wildman–Crippen LogP) is 2.41. The standard InChI is InChI=1S/C14H13BrN2O4S2/c15-11-2-1-9(22-11)7-10-13(19)17(14(20)23-10)8-12(18)16-3-5-21-6-4-16/h1-2,7H,3-6,8H2/b10-7+. The summed E-state index contributed by atoms with van der Waals surface area (Å²) >= 11 is 5.70. The Bertz CT molecular complexity index is 682. The van der Waals surface area contributed by atoms with Gasteiger partial charge in [0.25, 0.3) is 11.1 Å². The minimum atomic E-state index is -0.411. The normalized spacial score (nSPS) is 20.7. The molecule has 9 heteroatoms. The van der Waals surface area contributed by atoms with E-state index < -0.39 is 11.1 Å². The average Bonchev–Trinajstić information content (AvgIpc) is 3.07. The zero-order chi connectivity index (χ0) is 16.4. The summed E-state index contributed by atoms with van der Waals surface area (Å²) in [6, 6.07) is 3.74. The van der Waals surface area contributed by atoms with Crippen LogP contribution in [0.15, 0.2) is 20.8 Å². The number of amides is 3. The van der Waals surface area contributed by atoms with Crippen molar-refractivity contribution in [3.8, 4) is 0 Å². The van der Waals surface area contributed by atoms with Gasteiger partial charge < -0.3 is 9.64 Å². The van der Waals surface area contributed by atoms with Crippen LogP contribution in [0.25, 0.3) is 6.08 Å². The van der Waals surface area contributed by atoms with Gasteiger partial charge in [0.1, 0.15) is 6.54 Å². The fraction of sp³-hybridized carbons (Fsp3) is 0.357. The maximum atomic E-state index is 12.4. The zero-order valence-electron chi connectivity index (χ0n) is 12.0. The predicted molar refractivity (Wildman–Crippen MR) is 92.1 cm³/mol. The van der Waals surface area contributed by atoms with Crippen LogP contribution < -0.4 is 0 Å². The number of carbonyl (C=O) groups is 3. The topological polar surface area (TPSA) is 66.9 Å². The second-order valence-corrected chi connectivity index (χ2v) is 8.39. The lowest BCUT2D eigenvalue weighted by Crippen LogP contribution is -2.46. The highest BCUT2D eigenvalue weighted by Crippen LogP contribution is 2.34. The Morgan fingerprint density at radius 3 is 2.70 bits per heavy atom. The lowest BCUT2D eigenvalue weighted by molar-refractivity contribution is -0.139. The summed E-state index contributed by atoms with van der Waals surface area (Å²) in [7, 11) is 0. The summed E-state index contributed by atoms with van der Waals surface area (Å²) in [5.41, 5.74) is 0. The first-order valence-corrected chi connectivity index (χ1v) is 9.33. The van der Waals surface area contributed by atoms with Crippen LogP contribution in [0.5, 0.6) is 0 Å². The molecule has 1 aromatic rings. The molecule has 122 valence electrons. The maximum Gasteiger partial charge on any atom is 0.294 e. The molecule has 0 aliphatic carbocycles. The van der Waals surface area contributed by atoms with Crippen molar-refractivity contribution in [3.63, 3.8) is 0 Å². The van der Waals surface area contributed by atoms with Gasteiger partial charge in [-0.25, -0.2) is 0 Å². The lowest BCUT2D eigenvalue weighted by atomic mass is 10.3. The number of hydrogen-bond acceptors (Lipinski definition) is 6. The molecule has 0 bridgehead atoms. The van der Waals surface area contributed by atoms with E-state index in [2.05, 4.69) is 15.9 Å². The van der Waals surface area contributed by atoms with Crippen molar-refractivity contribution in [2.75, 3.05) is 32.8 Å². The van der Waals surface area contributed by atoms with Crippen molar-refractivity contribution in [1.82, 2.24) is 9.80 Å². The van der Waals surface area contributed by atoms with Crippen molar-refractivity contribution >= 4 is 62.2 Å². The van der Waals surface area contributed by atoms with Gasteiger partial charge in [-0.05, 0) is 45.9 Å². The van der Waals surface area contributed by atoms with Crippen LogP contribution in [-0.2, 0) is 14.3 Å². The third-order valence-electron chi connectivity index (χ3n) is 3.40. The van der Waals surface area contributed by atoms with Crippen molar-refractivity contribution in [1.29, 1.82) is 0 Å². The van der Waals surface area contributed by atoms with Gasteiger partial charge >= 0.3 is 0 Å². The highest BCUT2D eigenvalue weighted by atomic mass is 79.9. The van der Waals surface area contributed by atoms with Crippen LogP contribution in [-0.4, -0.2) is 59.7 Å². The van der Waals surface area contributed by atoms with Gasteiger partial charge in [-0.15, -0.1) is 11.3 Å². The van der Waals surface area contributed by atoms with Gasteiger partial charge in [0, 0.05) is 18.0 Å². The number of morpholine rings is 1. The fourth-order valence-corrected chi connectivity index (χ4v) is 4.49. The molecule has 0 saturated carbocycles. The molecule has 0 atom stereocenters. The van der Waals surface area contributed by atoms with E-state index in [1.165, 1.54) is 11.3 Å². The van der Waals surface area contributed by atoms with Gasteiger partial charge in [0.05, 0.1) is 21.9 Å². The first-order valence-electron chi connectivity index (χ1n) is 6.91. The Morgan fingerprint density at radius 1 is 1.30 bits per heavy atom. The summed E-state index contributed by atoms with van der Waals surface area (Å²) in [6.07, 6.45) is 1.68. The Balaban J connectivity index is 1.68. The molecular formula is C14H13BrN2O4S2. The molecule has 2 fully saturated rings.